The van der Waals surface area contributed by atoms with Crippen molar-refractivity contribution < 1.29 is 4.79 Å². The van der Waals surface area contributed by atoms with Gasteiger partial charge in [-0.25, -0.2) is 4.98 Å². The Morgan fingerprint density at radius 2 is 2.00 bits per heavy atom. The SMILES string of the molecule is O=C(C1CC1)N(Cc1cccnc1)Cc1nccn1Cc1ccccc1Cl. The summed E-state index contributed by atoms with van der Waals surface area (Å²) >= 11 is 6.30. The van der Waals surface area contributed by atoms with Crippen molar-refractivity contribution in [2.24, 2.45) is 5.92 Å². The van der Waals surface area contributed by atoms with Crippen molar-refractivity contribution in [1.29, 1.82) is 0 Å². The molecule has 2 heterocycles. The predicted molar refractivity (Wildman–Crippen MR) is 104 cm³/mol. The number of hydrogen-bond acceptors (Lipinski definition) is 3. The van der Waals surface area contributed by atoms with Crippen molar-refractivity contribution in [3.8, 4) is 0 Å². The molecule has 1 aromatic carbocycles. The maximum absolute atomic E-state index is 12.8. The number of aromatic nitrogens is 3. The van der Waals surface area contributed by atoms with E-state index in [1.807, 2.05) is 53.7 Å². The van der Waals surface area contributed by atoms with E-state index in [1.54, 1.807) is 12.4 Å². The van der Waals surface area contributed by atoms with Gasteiger partial charge in [-0.3, -0.25) is 9.78 Å². The van der Waals surface area contributed by atoms with Crippen molar-refractivity contribution in [2.75, 3.05) is 0 Å². The number of imidazole rings is 1. The van der Waals surface area contributed by atoms with Crippen LogP contribution in [0.15, 0.2) is 61.2 Å². The second-order valence-corrected chi connectivity index (χ2v) is 7.30. The minimum atomic E-state index is 0.161. The van der Waals surface area contributed by atoms with E-state index >= 15 is 0 Å². The number of carbonyl (C=O) groups is 1. The van der Waals surface area contributed by atoms with Gasteiger partial charge in [0.05, 0.1) is 13.1 Å². The van der Waals surface area contributed by atoms with E-state index in [0.717, 1.165) is 34.8 Å². The molecular weight excluding hydrogens is 360 g/mol. The number of pyridine rings is 1. The first-order valence-corrected chi connectivity index (χ1v) is 9.49. The molecule has 0 spiro atoms. The molecule has 0 unspecified atom stereocenters. The van der Waals surface area contributed by atoms with Gasteiger partial charge in [0.1, 0.15) is 5.82 Å². The standard InChI is InChI=1S/C21H21ClN4O/c22-19-6-2-1-5-18(19)14-25-11-10-24-20(25)15-26(21(27)17-7-8-17)13-16-4-3-9-23-12-16/h1-6,9-12,17H,7-8,13-15H2. The summed E-state index contributed by atoms with van der Waals surface area (Å²) in [6, 6.07) is 11.7. The summed E-state index contributed by atoms with van der Waals surface area (Å²) in [4.78, 5) is 23.4. The number of amides is 1. The van der Waals surface area contributed by atoms with Crippen LogP contribution in [-0.4, -0.2) is 25.3 Å². The Balaban J connectivity index is 1.54. The van der Waals surface area contributed by atoms with Crippen LogP contribution in [0.3, 0.4) is 0 Å². The summed E-state index contributed by atoms with van der Waals surface area (Å²) in [7, 11) is 0. The zero-order valence-corrected chi connectivity index (χ0v) is 15.7. The number of benzene rings is 1. The first kappa shape index (κ1) is 17.7. The lowest BCUT2D eigenvalue weighted by Gasteiger charge is -2.23. The molecule has 1 aliphatic rings. The fourth-order valence-electron chi connectivity index (χ4n) is 3.13. The molecule has 1 aliphatic carbocycles. The zero-order valence-electron chi connectivity index (χ0n) is 15.0. The molecule has 0 N–H and O–H groups in total. The lowest BCUT2D eigenvalue weighted by molar-refractivity contribution is -0.134. The lowest BCUT2D eigenvalue weighted by Crippen LogP contribution is -2.32. The van der Waals surface area contributed by atoms with Crippen LogP contribution in [-0.2, 0) is 24.4 Å². The Morgan fingerprint density at radius 1 is 1.15 bits per heavy atom. The van der Waals surface area contributed by atoms with Crippen LogP contribution in [0.25, 0.3) is 0 Å². The molecule has 4 rings (SSSR count). The summed E-state index contributed by atoms with van der Waals surface area (Å²) in [6.07, 6.45) is 9.22. The van der Waals surface area contributed by atoms with Crippen LogP contribution in [0, 0.1) is 5.92 Å². The summed E-state index contributed by atoms with van der Waals surface area (Å²) in [5.74, 6) is 1.22. The number of carbonyl (C=O) groups excluding carboxylic acids is 1. The summed E-state index contributed by atoms with van der Waals surface area (Å²) in [5.41, 5.74) is 2.06. The molecule has 3 aromatic rings. The number of nitrogens with zero attached hydrogens (tertiary/aromatic N) is 4. The molecule has 1 fully saturated rings. The number of hydrogen-bond donors (Lipinski definition) is 0. The van der Waals surface area contributed by atoms with Crippen molar-refractivity contribution in [3.05, 3.63) is 83.2 Å². The molecule has 0 bridgehead atoms. The van der Waals surface area contributed by atoms with Crippen LogP contribution >= 0.6 is 11.6 Å². The van der Waals surface area contributed by atoms with E-state index in [2.05, 4.69) is 14.5 Å². The Hall–Kier alpha value is -2.66. The van der Waals surface area contributed by atoms with Gasteiger partial charge in [0.15, 0.2) is 0 Å². The van der Waals surface area contributed by atoms with Crippen LogP contribution in [0.5, 0.6) is 0 Å². The highest BCUT2D eigenvalue weighted by Crippen LogP contribution is 2.32. The highest BCUT2D eigenvalue weighted by molar-refractivity contribution is 6.31. The van der Waals surface area contributed by atoms with Crippen LogP contribution in [0.1, 0.15) is 29.8 Å². The van der Waals surface area contributed by atoms with E-state index in [-0.39, 0.29) is 11.8 Å². The second kappa shape index (κ2) is 7.92. The van der Waals surface area contributed by atoms with Gasteiger partial charge in [0, 0.05) is 42.3 Å². The average Bonchev–Trinajstić information content (AvgIpc) is 3.45. The quantitative estimate of drug-likeness (QED) is 0.624. The van der Waals surface area contributed by atoms with E-state index in [9.17, 15) is 4.79 Å². The topological polar surface area (TPSA) is 51.0 Å². The molecule has 5 nitrogen and oxygen atoms in total. The molecule has 0 saturated heterocycles. The van der Waals surface area contributed by atoms with Gasteiger partial charge < -0.3 is 9.47 Å². The van der Waals surface area contributed by atoms with Gasteiger partial charge in [0.2, 0.25) is 5.91 Å². The van der Waals surface area contributed by atoms with Crippen LogP contribution in [0.4, 0.5) is 0 Å². The highest BCUT2D eigenvalue weighted by Gasteiger charge is 2.34. The third-order valence-corrected chi connectivity index (χ3v) is 5.14. The Kier molecular flexibility index (Phi) is 5.21. The van der Waals surface area contributed by atoms with Crippen LogP contribution < -0.4 is 0 Å². The molecule has 0 atom stereocenters. The summed E-state index contributed by atoms with van der Waals surface area (Å²) in [6.45, 7) is 1.65. The molecule has 138 valence electrons. The minimum Gasteiger partial charge on any atom is -0.331 e. The van der Waals surface area contributed by atoms with Crippen molar-refractivity contribution >= 4 is 17.5 Å². The lowest BCUT2D eigenvalue weighted by atomic mass is 10.2. The van der Waals surface area contributed by atoms with Crippen molar-refractivity contribution in [2.45, 2.75) is 32.5 Å². The zero-order chi connectivity index (χ0) is 18.6. The smallest absolute Gasteiger partial charge is 0.226 e. The average molecular weight is 381 g/mol. The maximum Gasteiger partial charge on any atom is 0.226 e. The first-order chi connectivity index (χ1) is 13.2. The molecular formula is C21H21ClN4O. The molecule has 0 aliphatic heterocycles. The van der Waals surface area contributed by atoms with Gasteiger partial charge >= 0.3 is 0 Å². The minimum absolute atomic E-state index is 0.161. The third-order valence-electron chi connectivity index (χ3n) is 4.77. The number of halogens is 1. The van der Waals surface area contributed by atoms with Gasteiger partial charge in [-0.05, 0) is 36.1 Å². The second-order valence-electron chi connectivity index (χ2n) is 6.89. The Labute approximate surface area is 163 Å². The molecule has 1 saturated carbocycles. The predicted octanol–water partition coefficient (Wildman–Crippen LogP) is 3.92. The highest BCUT2D eigenvalue weighted by atomic mass is 35.5. The van der Waals surface area contributed by atoms with Gasteiger partial charge in [-0.15, -0.1) is 0 Å². The van der Waals surface area contributed by atoms with Gasteiger partial charge in [0.25, 0.3) is 0 Å². The van der Waals surface area contributed by atoms with E-state index in [0.29, 0.717) is 19.6 Å². The fraction of sp³-hybridized carbons (Fsp3) is 0.286. The Bertz CT molecular complexity index is 921. The molecule has 2 aromatic heterocycles. The van der Waals surface area contributed by atoms with Crippen molar-refractivity contribution in [1.82, 2.24) is 19.4 Å². The van der Waals surface area contributed by atoms with E-state index in [1.165, 1.54) is 0 Å². The maximum atomic E-state index is 12.8. The monoisotopic (exact) mass is 380 g/mol. The number of rotatable bonds is 7. The summed E-state index contributed by atoms with van der Waals surface area (Å²) in [5, 5.41) is 0.735. The summed E-state index contributed by atoms with van der Waals surface area (Å²) < 4.78 is 2.05. The van der Waals surface area contributed by atoms with Gasteiger partial charge in [-0.2, -0.15) is 0 Å². The van der Waals surface area contributed by atoms with Crippen LogP contribution in [0.2, 0.25) is 5.02 Å². The van der Waals surface area contributed by atoms with E-state index < -0.39 is 0 Å². The molecule has 0 radical (unpaired) electrons. The largest absolute Gasteiger partial charge is 0.331 e. The molecule has 27 heavy (non-hydrogen) atoms. The third kappa shape index (κ3) is 4.37. The van der Waals surface area contributed by atoms with Gasteiger partial charge in [-0.1, -0.05) is 35.9 Å². The molecule has 6 heteroatoms. The van der Waals surface area contributed by atoms with Crippen molar-refractivity contribution in [3.63, 3.8) is 0 Å². The first-order valence-electron chi connectivity index (χ1n) is 9.12. The fourth-order valence-corrected chi connectivity index (χ4v) is 3.32. The Morgan fingerprint density at radius 3 is 2.74 bits per heavy atom. The normalized spacial score (nSPS) is 13.5. The van der Waals surface area contributed by atoms with E-state index in [4.69, 9.17) is 11.6 Å². The molecule has 1 amide bonds.